The van der Waals surface area contributed by atoms with Crippen LogP contribution >= 0.6 is 0 Å². The highest BCUT2D eigenvalue weighted by molar-refractivity contribution is 6.26. The summed E-state index contributed by atoms with van der Waals surface area (Å²) in [6.45, 7) is 7.60. The lowest BCUT2D eigenvalue weighted by Gasteiger charge is -2.36. The topological polar surface area (TPSA) is 46.2 Å². The number of allylic oxidation sites excluding steroid dienone is 2. The molecule has 0 spiro atoms. The summed E-state index contributed by atoms with van der Waals surface area (Å²) in [5, 5.41) is 0. The van der Waals surface area contributed by atoms with E-state index in [2.05, 4.69) is 26.8 Å². The van der Waals surface area contributed by atoms with E-state index >= 15 is 0 Å². The van der Waals surface area contributed by atoms with Crippen LogP contribution in [0.5, 0.6) is 0 Å². The van der Waals surface area contributed by atoms with E-state index in [1.54, 1.807) is 14.2 Å². The predicted molar refractivity (Wildman–Crippen MR) is 84.3 cm³/mol. The Morgan fingerprint density at radius 3 is 2.43 bits per heavy atom. The van der Waals surface area contributed by atoms with Crippen LogP contribution in [0.25, 0.3) is 0 Å². The summed E-state index contributed by atoms with van der Waals surface area (Å²) in [7, 11) is 2.79. The fourth-order valence-electron chi connectivity index (χ4n) is 2.24. The number of methoxy groups -OCH3 is 2. The average molecular weight is 316 g/mol. The van der Waals surface area contributed by atoms with Gasteiger partial charge < -0.3 is 23.4 Å². The third-order valence-electron chi connectivity index (χ3n) is 3.36. The number of hydrogen-bond donors (Lipinski definition) is 0. The highest BCUT2D eigenvalue weighted by Crippen LogP contribution is 2.40. The van der Waals surface area contributed by atoms with Crippen molar-refractivity contribution < 1.29 is 23.4 Å². The van der Waals surface area contributed by atoms with Crippen molar-refractivity contribution in [3.63, 3.8) is 0 Å². The first-order chi connectivity index (χ1) is 10.0. The molecule has 21 heavy (non-hydrogen) atoms. The van der Waals surface area contributed by atoms with Gasteiger partial charge in [-0.2, -0.15) is 0 Å². The first-order valence-corrected chi connectivity index (χ1v) is 8.88. The van der Waals surface area contributed by atoms with Crippen LogP contribution in [-0.4, -0.2) is 44.2 Å². The maximum absolute atomic E-state index is 5.87. The Morgan fingerprint density at radius 1 is 1.14 bits per heavy atom. The molecular formula is C15H28O5Si. The monoisotopic (exact) mass is 316 g/mol. The predicted octanol–water partition coefficient (Wildman–Crippen LogP) is 2.19. The van der Waals surface area contributed by atoms with E-state index in [0.717, 1.165) is 17.6 Å². The summed E-state index contributed by atoms with van der Waals surface area (Å²) in [5.74, 6) is 1.78. The maximum Gasteiger partial charge on any atom is 0.188 e. The highest BCUT2D eigenvalue weighted by Gasteiger charge is 2.36. The van der Waals surface area contributed by atoms with Crippen LogP contribution < -0.4 is 0 Å². The Labute approximate surface area is 130 Å². The van der Waals surface area contributed by atoms with E-state index in [1.165, 1.54) is 0 Å². The second-order valence-corrected chi connectivity index (χ2v) is 7.46. The van der Waals surface area contributed by atoms with Crippen LogP contribution in [0.15, 0.2) is 23.7 Å². The van der Waals surface area contributed by atoms with Crippen molar-refractivity contribution in [3.8, 4) is 0 Å². The summed E-state index contributed by atoms with van der Waals surface area (Å²) < 4.78 is 27.1. The van der Waals surface area contributed by atoms with E-state index in [9.17, 15) is 0 Å². The maximum atomic E-state index is 5.87. The van der Waals surface area contributed by atoms with Gasteiger partial charge in [0.2, 0.25) is 0 Å². The second kappa shape index (κ2) is 9.25. The summed E-state index contributed by atoms with van der Waals surface area (Å²) in [5.41, 5.74) is -0.108. The second-order valence-electron chi connectivity index (χ2n) is 5.64. The van der Waals surface area contributed by atoms with Crippen LogP contribution in [0.2, 0.25) is 6.04 Å². The van der Waals surface area contributed by atoms with Gasteiger partial charge in [0, 0.05) is 32.8 Å². The summed E-state index contributed by atoms with van der Waals surface area (Å²) in [6.07, 6.45) is 4.01. The molecule has 1 aliphatic carbocycles. The Kier molecular flexibility index (Phi) is 8.03. The van der Waals surface area contributed by atoms with Crippen molar-refractivity contribution in [1.29, 1.82) is 0 Å². The van der Waals surface area contributed by atoms with Crippen molar-refractivity contribution >= 4 is 9.76 Å². The summed E-state index contributed by atoms with van der Waals surface area (Å²) in [4.78, 5) is 0. The van der Waals surface area contributed by atoms with Crippen molar-refractivity contribution in [3.05, 3.63) is 23.7 Å². The van der Waals surface area contributed by atoms with Crippen LogP contribution in [0.3, 0.4) is 0 Å². The molecule has 0 N–H and O–H groups in total. The zero-order chi connectivity index (χ0) is 15.7. The van der Waals surface area contributed by atoms with Gasteiger partial charge in [-0.15, -0.1) is 0 Å². The Balaban J connectivity index is 2.83. The van der Waals surface area contributed by atoms with Crippen molar-refractivity contribution in [2.24, 2.45) is 11.3 Å². The first kappa shape index (κ1) is 18.2. The lowest BCUT2D eigenvalue weighted by atomic mass is 9.75. The fraction of sp³-hybridized carbons (Fsp3) is 0.733. The van der Waals surface area contributed by atoms with E-state index in [-0.39, 0.29) is 24.9 Å². The van der Waals surface area contributed by atoms with Gasteiger partial charge in [0.15, 0.2) is 23.3 Å². The molecule has 1 unspecified atom stereocenters. The molecule has 0 saturated carbocycles. The molecule has 6 heteroatoms. The van der Waals surface area contributed by atoms with Crippen molar-refractivity contribution in [1.82, 2.24) is 0 Å². The lowest BCUT2D eigenvalue weighted by molar-refractivity contribution is -0.0251. The van der Waals surface area contributed by atoms with Crippen molar-refractivity contribution in [2.45, 2.75) is 26.8 Å². The normalized spacial score (nSPS) is 21.3. The molecule has 0 heterocycles. The molecule has 0 fully saturated rings. The first-order valence-electron chi connectivity index (χ1n) is 7.30. The van der Waals surface area contributed by atoms with Gasteiger partial charge in [-0.1, -0.05) is 20.8 Å². The van der Waals surface area contributed by atoms with Crippen LogP contribution in [0.1, 0.15) is 20.8 Å². The molecular weight excluding hydrogens is 288 g/mol. The third kappa shape index (κ3) is 5.82. The summed E-state index contributed by atoms with van der Waals surface area (Å²) >= 11 is 0. The van der Waals surface area contributed by atoms with Gasteiger partial charge in [-0.05, 0) is 17.5 Å². The molecule has 0 saturated heterocycles. The molecule has 1 rings (SSSR count). The van der Waals surface area contributed by atoms with Gasteiger partial charge >= 0.3 is 0 Å². The van der Waals surface area contributed by atoms with Crippen LogP contribution in [0.4, 0.5) is 0 Å². The molecule has 1 atom stereocenters. The van der Waals surface area contributed by atoms with Gasteiger partial charge in [0.05, 0.1) is 0 Å². The molecule has 122 valence electrons. The van der Waals surface area contributed by atoms with Gasteiger partial charge in [0.1, 0.15) is 11.5 Å². The third-order valence-corrected chi connectivity index (χ3v) is 4.29. The Hall–Kier alpha value is -0.823. The van der Waals surface area contributed by atoms with Crippen LogP contribution in [0, 0.1) is 11.3 Å². The molecule has 0 aromatic rings. The van der Waals surface area contributed by atoms with Crippen LogP contribution in [-0.2, 0) is 23.4 Å². The molecule has 0 aliphatic heterocycles. The molecule has 0 bridgehead atoms. The number of hydrogen-bond acceptors (Lipinski definition) is 5. The standard InChI is InChI=1S/C15H28O5Si/c1-6-21-20-9-13-14(19-11-17-5)7-12(18-10-16-4)8-15(13,2)3/h7-8,13H,6,9-11,21H2,1-5H3. The minimum Gasteiger partial charge on any atom is -0.471 e. The smallest absolute Gasteiger partial charge is 0.188 e. The van der Waals surface area contributed by atoms with E-state index in [0.29, 0.717) is 6.61 Å². The molecule has 0 radical (unpaired) electrons. The molecule has 5 nitrogen and oxygen atoms in total. The molecule has 0 aromatic heterocycles. The fourth-order valence-corrected chi connectivity index (χ4v) is 2.93. The molecule has 0 amide bonds. The minimum atomic E-state index is -0.426. The largest absolute Gasteiger partial charge is 0.471 e. The quantitative estimate of drug-likeness (QED) is 0.351. The Bertz CT molecular complexity index is 365. The zero-order valence-corrected chi connectivity index (χ0v) is 15.2. The number of ether oxygens (including phenoxy) is 4. The SMILES string of the molecule is CC[SiH2]OCC1C(OCOC)=CC(OCOC)=CC1(C)C. The molecule has 0 aromatic carbocycles. The number of rotatable bonds is 10. The molecule has 1 aliphatic rings. The minimum absolute atomic E-state index is 0.108. The van der Waals surface area contributed by atoms with Gasteiger partial charge in [0.25, 0.3) is 0 Å². The Morgan fingerprint density at radius 2 is 1.81 bits per heavy atom. The van der Waals surface area contributed by atoms with E-state index in [1.807, 2.05) is 6.08 Å². The van der Waals surface area contributed by atoms with Gasteiger partial charge in [-0.3, -0.25) is 0 Å². The summed E-state index contributed by atoms with van der Waals surface area (Å²) in [6, 6.07) is 1.14. The highest BCUT2D eigenvalue weighted by atomic mass is 28.2. The van der Waals surface area contributed by atoms with Crippen molar-refractivity contribution in [2.75, 3.05) is 34.4 Å². The lowest BCUT2D eigenvalue weighted by Crippen LogP contribution is -2.33. The van der Waals surface area contributed by atoms with E-state index < -0.39 is 9.76 Å². The average Bonchev–Trinajstić information content (AvgIpc) is 2.44. The van der Waals surface area contributed by atoms with E-state index in [4.69, 9.17) is 23.4 Å². The zero-order valence-electron chi connectivity index (χ0n) is 13.8. The van der Waals surface area contributed by atoms with Gasteiger partial charge in [-0.25, -0.2) is 0 Å².